The van der Waals surface area contributed by atoms with Gasteiger partial charge in [-0.25, -0.2) is 9.97 Å². The van der Waals surface area contributed by atoms with Gasteiger partial charge in [-0.1, -0.05) is 6.07 Å². The Labute approximate surface area is 179 Å². The Bertz CT molecular complexity index is 1100. The number of aromatic nitrogens is 3. The molecule has 1 unspecified atom stereocenters. The summed E-state index contributed by atoms with van der Waals surface area (Å²) in [5.41, 5.74) is 9.15. The molecule has 9 nitrogen and oxygen atoms in total. The van der Waals surface area contributed by atoms with Gasteiger partial charge in [0.15, 0.2) is 11.5 Å². The minimum atomic E-state index is -0.481. The van der Waals surface area contributed by atoms with Crippen molar-refractivity contribution < 1.29 is 19.4 Å². The fourth-order valence-electron chi connectivity index (χ4n) is 3.79. The summed E-state index contributed by atoms with van der Waals surface area (Å²) in [6.07, 6.45) is 4.39. The number of nitrogens with two attached hydrogens (primary N) is 1. The third-order valence-corrected chi connectivity index (χ3v) is 5.37. The normalized spacial score (nSPS) is 16.2. The van der Waals surface area contributed by atoms with E-state index in [0.29, 0.717) is 48.0 Å². The number of aliphatic hydroxyl groups is 1. The van der Waals surface area contributed by atoms with Crippen LogP contribution in [0.25, 0.3) is 22.4 Å². The predicted molar refractivity (Wildman–Crippen MR) is 116 cm³/mol. The molecule has 4 N–H and O–H groups in total. The highest BCUT2D eigenvalue weighted by molar-refractivity contribution is 5.95. The van der Waals surface area contributed by atoms with Crippen LogP contribution >= 0.6 is 0 Å². The molecule has 0 saturated carbocycles. The number of amides is 1. The number of carbonyl (C=O) groups is 1. The minimum Gasteiger partial charge on any atom is -0.493 e. The number of rotatable bonds is 5. The van der Waals surface area contributed by atoms with E-state index in [-0.39, 0.29) is 11.9 Å². The van der Waals surface area contributed by atoms with Gasteiger partial charge >= 0.3 is 0 Å². The van der Waals surface area contributed by atoms with Gasteiger partial charge in [0.1, 0.15) is 5.69 Å². The lowest BCUT2D eigenvalue weighted by molar-refractivity contribution is 0.0469. The smallest absolute Gasteiger partial charge is 0.270 e. The molecule has 1 aromatic carbocycles. The van der Waals surface area contributed by atoms with Crippen molar-refractivity contribution >= 4 is 11.9 Å². The number of nitrogens with one attached hydrogen (secondary N) is 1. The quantitative estimate of drug-likeness (QED) is 0.575. The Morgan fingerprint density at radius 3 is 2.77 bits per heavy atom. The molecule has 0 radical (unpaired) electrons. The molecular weight excluding hydrogens is 398 g/mol. The average Bonchev–Trinajstić information content (AvgIpc) is 3.28. The molecule has 3 heterocycles. The van der Waals surface area contributed by atoms with Crippen molar-refractivity contribution in [1.82, 2.24) is 19.9 Å². The van der Waals surface area contributed by atoms with Crippen LogP contribution in [-0.4, -0.2) is 64.3 Å². The summed E-state index contributed by atoms with van der Waals surface area (Å²) in [4.78, 5) is 26.1. The molecule has 1 fully saturated rings. The van der Waals surface area contributed by atoms with E-state index >= 15 is 0 Å². The first-order valence-corrected chi connectivity index (χ1v) is 10.0. The molecule has 1 saturated heterocycles. The molecule has 1 amide bonds. The number of β-amino-alcohol motifs (C(OH)–C–C–N with tert-alkyl or cyclic N) is 1. The van der Waals surface area contributed by atoms with E-state index in [4.69, 9.17) is 15.2 Å². The van der Waals surface area contributed by atoms with E-state index < -0.39 is 6.10 Å². The van der Waals surface area contributed by atoms with E-state index in [0.717, 1.165) is 17.5 Å². The number of anilines is 1. The first-order chi connectivity index (χ1) is 15.0. The SMILES string of the molecule is COc1ccc(-c2cnc(N)nc2-c2c[nH]c(C(=O)N3CCCC(O)C3)c2)cc1OC. The van der Waals surface area contributed by atoms with Crippen molar-refractivity contribution in [2.75, 3.05) is 33.0 Å². The maximum Gasteiger partial charge on any atom is 0.270 e. The Morgan fingerprint density at radius 2 is 2.03 bits per heavy atom. The zero-order valence-corrected chi connectivity index (χ0v) is 17.5. The van der Waals surface area contributed by atoms with Crippen LogP contribution in [0, 0.1) is 0 Å². The van der Waals surface area contributed by atoms with Crippen molar-refractivity contribution in [3.05, 3.63) is 42.4 Å². The van der Waals surface area contributed by atoms with Gasteiger partial charge in [0.25, 0.3) is 5.91 Å². The molecule has 31 heavy (non-hydrogen) atoms. The number of ether oxygens (including phenoxy) is 2. The molecule has 1 atom stereocenters. The van der Waals surface area contributed by atoms with Crippen LogP contribution in [0.3, 0.4) is 0 Å². The first-order valence-electron chi connectivity index (χ1n) is 10.0. The molecule has 0 spiro atoms. The number of aromatic amines is 1. The van der Waals surface area contributed by atoms with Crippen molar-refractivity contribution in [1.29, 1.82) is 0 Å². The Morgan fingerprint density at radius 1 is 1.23 bits per heavy atom. The van der Waals surface area contributed by atoms with E-state index in [1.807, 2.05) is 18.2 Å². The molecular formula is C22H25N5O4. The van der Waals surface area contributed by atoms with Crippen molar-refractivity contribution in [3.8, 4) is 33.9 Å². The monoisotopic (exact) mass is 423 g/mol. The van der Waals surface area contributed by atoms with Gasteiger partial charge in [0.05, 0.1) is 26.0 Å². The van der Waals surface area contributed by atoms with Crippen LogP contribution in [-0.2, 0) is 0 Å². The van der Waals surface area contributed by atoms with E-state index in [2.05, 4.69) is 15.0 Å². The van der Waals surface area contributed by atoms with Gasteiger partial charge in [-0.15, -0.1) is 0 Å². The van der Waals surface area contributed by atoms with Crippen LogP contribution in [0.5, 0.6) is 11.5 Å². The van der Waals surface area contributed by atoms with Crippen LogP contribution < -0.4 is 15.2 Å². The molecule has 1 aliphatic rings. The van der Waals surface area contributed by atoms with Gasteiger partial charge in [0.2, 0.25) is 5.95 Å². The number of aliphatic hydroxyl groups excluding tert-OH is 1. The minimum absolute atomic E-state index is 0.132. The van der Waals surface area contributed by atoms with Crippen LogP contribution in [0.4, 0.5) is 5.95 Å². The number of benzene rings is 1. The van der Waals surface area contributed by atoms with E-state index in [1.165, 1.54) is 0 Å². The van der Waals surface area contributed by atoms with Crippen LogP contribution in [0.1, 0.15) is 23.3 Å². The summed E-state index contributed by atoms with van der Waals surface area (Å²) >= 11 is 0. The fourth-order valence-corrected chi connectivity index (χ4v) is 3.79. The molecule has 1 aliphatic heterocycles. The summed E-state index contributed by atoms with van der Waals surface area (Å²) in [7, 11) is 3.15. The molecule has 0 aliphatic carbocycles. The predicted octanol–water partition coefficient (Wildman–Crippen LogP) is 2.33. The maximum absolute atomic E-state index is 12.9. The highest BCUT2D eigenvalue weighted by Gasteiger charge is 2.24. The highest BCUT2D eigenvalue weighted by Crippen LogP contribution is 2.36. The number of hydrogen-bond donors (Lipinski definition) is 3. The summed E-state index contributed by atoms with van der Waals surface area (Å²) in [6, 6.07) is 7.27. The van der Waals surface area contributed by atoms with Gasteiger partial charge in [-0.3, -0.25) is 4.79 Å². The standard InChI is InChI=1S/C22H25N5O4/c1-30-18-6-5-13(9-19(18)31-2)16-11-25-22(23)26-20(16)14-8-17(24-10-14)21(29)27-7-3-4-15(28)12-27/h5-6,8-11,15,24,28H,3-4,7,12H2,1-2H3,(H2,23,25,26). The lowest BCUT2D eigenvalue weighted by Crippen LogP contribution is -2.42. The van der Waals surface area contributed by atoms with E-state index in [9.17, 15) is 9.90 Å². The number of nitrogens with zero attached hydrogens (tertiary/aromatic N) is 3. The van der Waals surface area contributed by atoms with Crippen molar-refractivity contribution in [3.63, 3.8) is 0 Å². The molecule has 9 heteroatoms. The first kappa shape index (κ1) is 20.7. The van der Waals surface area contributed by atoms with Crippen LogP contribution in [0.15, 0.2) is 36.7 Å². The topological polar surface area (TPSA) is 127 Å². The lowest BCUT2D eigenvalue weighted by Gasteiger charge is -2.29. The third kappa shape index (κ3) is 4.17. The summed E-state index contributed by atoms with van der Waals surface area (Å²) in [5, 5.41) is 9.88. The molecule has 0 bridgehead atoms. The summed E-state index contributed by atoms with van der Waals surface area (Å²) < 4.78 is 10.7. The van der Waals surface area contributed by atoms with E-state index in [1.54, 1.807) is 37.6 Å². The van der Waals surface area contributed by atoms with Crippen molar-refractivity contribution in [2.24, 2.45) is 0 Å². The second kappa shape index (κ2) is 8.65. The highest BCUT2D eigenvalue weighted by atomic mass is 16.5. The average molecular weight is 423 g/mol. The number of nitrogen functional groups attached to an aromatic ring is 1. The Hall–Kier alpha value is -3.59. The van der Waals surface area contributed by atoms with Crippen molar-refractivity contribution in [2.45, 2.75) is 18.9 Å². The largest absolute Gasteiger partial charge is 0.493 e. The van der Waals surface area contributed by atoms with Gasteiger partial charge in [-0.2, -0.15) is 0 Å². The number of methoxy groups -OCH3 is 2. The summed E-state index contributed by atoms with van der Waals surface area (Å²) in [6.45, 7) is 0.964. The number of piperidine rings is 1. The number of carbonyl (C=O) groups excluding carboxylic acids is 1. The zero-order valence-electron chi connectivity index (χ0n) is 17.5. The molecule has 3 aromatic rings. The second-order valence-electron chi connectivity index (χ2n) is 7.41. The Kier molecular flexibility index (Phi) is 5.77. The fraction of sp³-hybridized carbons (Fsp3) is 0.318. The van der Waals surface area contributed by atoms with Gasteiger partial charge < -0.3 is 30.2 Å². The van der Waals surface area contributed by atoms with Crippen LogP contribution in [0.2, 0.25) is 0 Å². The third-order valence-electron chi connectivity index (χ3n) is 5.37. The molecule has 162 valence electrons. The number of hydrogen-bond acceptors (Lipinski definition) is 7. The molecule has 2 aromatic heterocycles. The number of H-pyrrole nitrogens is 1. The lowest BCUT2D eigenvalue weighted by atomic mass is 10.0. The number of likely N-dealkylation sites (tertiary alicyclic amines) is 1. The zero-order chi connectivity index (χ0) is 22.0. The summed E-state index contributed by atoms with van der Waals surface area (Å²) in [5.74, 6) is 1.17. The molecule has 4 rings (SSSR count). The maximum atomic E-state index is 12.9. The van der Waals surface area contributed by atoms with Gasteiger partial charge in [-0.05, 0) is 36.6 Å². The van der Waals surface area contributed by atoms with Gasteiger partial charge in [0, 0.05) is 36.6 Å². The Balaban J connectivity index is 1.70. The second-order valence-corrected chi connectivity index (χ2v) is 7.41.